The highest BCUT2D eigenvalue weighted by molar-refractivity contribution is 5.14. The van der Waals surface area contributed by atoms with Gasteiger partial charge in [0.05, 0.1) is 5.70 Å². The van der Waals surface area contributed by atoms with Crippen LogP contribution in [0.1, 0.15) is 39.0 Å². The molecular formula is C8H13NO. The van der Waals surface area contributed by atoms with Gasteiger partial charge in [-0.1, -0.05) is 6.92 Å². The van der Waals surface area contributed by atoms with E-state index in [4.69, 9.17) is 0 Å². The average molecular weight is 139 g/mol. The molecule has 0 heterocycles. The zero-order valence-electron chi connectivity index (χ0n) is 6.39. The number of nitroso groups, excluding NO2 is 1. The lowest BCUT2D eigenvalue weighted by atomic mass is 9.95. The second-order valence-electron chi connectivity index (χ2n) is 2.70. The first-order valence-electron chi connectivity index (χ1n) is 3.92. The van der Waals surface area contributed by atoms with Gasteiger partial charge in [0.2, 0.25) is 0 Å². The number of hydrogen-bond acceptors (Lipinski definition) is 2. The Kier molecular flexibility index (Phi) is 2.60. The van der Waals surface area contributed by atoms with Gasteiger partial charge in [-0.15, -0.1) is 4.91 Å². The van der Waals surface area contributed by atoms with Crippen LogP contribution in [0, 0.1) is 4.91 Å². The summed E-state index contributed by atoms with van der Waals surface area (Å²) in [4.78, 5) is 10.2. The molecule has 0 bridgehead atoms. The Morgan fingerprint density at radius 1 is 1.40 bits per heavy atom. The maximum absolute atomic E-state index is 10.2. The van der Waals surface area contributed by atoms with Crippen molar-refractivity contribution in [3.8, 4) is 0 Å². The Labute approximate surface area is 61.3 Å². The van der Waals surface area contributed by atoms with Crippen LogP contribution in [0.15, 0.2) is 16.4 Å². The number of hydrogen-bond donors (Lipinski definition) is 0. The van der Waals surface area contributed by atoms with Crippen molar-refractivity contribution in [1.29, 1.82) is 0 Å². The molecule has 0 spiro atoms. The molecular weight excluding hydrogens is 126 g/mol. The van der Waals surface area contributed by atoms with Crippen molar-refractivity contribution in [2.45, 2.75) is 39.0 Å². The Balaban J connectivity index is 2.72. The molecule has 1 aliphatic rings. The number of rotatable bonds is 2. The molecule has 0 aromatic rings. The van der Waals surface area contributed by atoms with E-state index >= 15 is 0 Å². The fourth-order valence-corrected chi connectivity index (χ4v) is 1.44. The van der Waals surface area contributed by atoms with E-state index in [1.165, 1.54) is 12.0 Å². The van der Waals surface area contributed by atoms with Gasteiger partial charge in [-0.05, 0) is 42.9 Å². The average Bonchev–Trinajstić information content (AvgIpc) is 2.04. The molecule has 0 aromatic carbocycles. The highest BCUT2D eigenvalue weighted by atomic mass is 16.3. The van der Waals surface area contributed by atoms with Crippen molar-refractivity contribution < 1.29 is 0 Å². The summed E-state index contributed by atoms with van der Waals surface area (Å²) in [5.41, 5.74) is 2.11. The van der Waals surface area contributed by atoms with Crippen molar-refractivity contribution >= 4 is 0 Å². The van der Waals surface area contributed by atoms with Gasteiger partial charge in [-0.25, -0.2) is 0 Å². The topological polar surface area (TPSA) is 29.4 Å². The fraction of sp³-hybridized carbons (Fsp3) is 0.750. The molecule has 0 amide bonds. The van der Waals surface area contributed by atoms with Crippen LogP contribution in [0.5, 0.6) is 0 Å². The molecule has 2 nitrogen and oxygen atoms in total. The van der Waals surface area contributed by atoms with Crippen LogP contribution in [0.3, 0.4) is 0 Å². The summed E-state index contributed by atoms with van der Waals surface area (Å²) in [7, 11) is 0. The van der Waals surface area contributed by atoms with Gasteiger partial charge in [0.15, 0.2) is 0 Å². The van der Waals surface area contributed by atoms with E-state index in [2.05, 4.69) is 12.1 Å². The van der Waals surface area contributed by atoms with Gasteiger partial charge in [0.25, 0.3) is 0 Å². The first-order valence-corrected chi connectivity index (χ1v) is 3.92. The molecule has 0 N–H and O–H groups in total. The third-order valence-electron chi connectivity index (χ3n) is 2.09. The van der Waals surface area contributed by atoms with E-state index in [1.807, 2.05) is 0 Å². The Bertz CT molecular complexity index is 161. The smallest absolute Gasteiger partial charge is 0.0840 e. The summed E-state index contributed by atoms with van der Waals surface area (Å²) in [5.74, 6) is 0. The van der Waals surface area contributed by atoms with Gasteiger partial charge in [-0.3, -0.25) is 0 Å². The van der Waals surface area contributed by atoms with Crippen LogP contribution in [-0.2, 0) is 0 Å². The highest BCUT2D eigenvalue weighted by Gasteiger charge is 2.10. The molecule has 0 saturated carbocycles. The first-order chi connectivity index (χ1) is 4.88. The van der Waals surface area contributed by atoms with E-state index < -0.39 is 0 Å². The minimum atomic E-state index is 0.828. The lowest BCUT2D eigenvalue weighted by molar-refractivity contribution is 0.650. The van der Waals surface area contributed by atoms with E-state index in [0.29, 0.717) is 0 Å². The lowest BCUT2D eigenvalue weighted by Gasteiger charge is -2.12. The fourth-order valence-electron chi connectivity index (χ4n) is 1.44. The number of nitrogens with zero attached hydrogens (tertiary/aromatic N) is 1. The minimum Gasteiger partial charge on any atom is -0.145 e. The zero-order chi connectivity index (χ0) is 7.40. The van der Waals surface area contributed by atoms with E-state index in [0.717, 1.165) is 31.4 Å². The van der Waals surface area contributed by atoms with Crippen LogP contribution in [0.25, 0.3) is 0 Å². The minimum absolute atomic E-state index is 0.828. The molecule has 0 saturated heterocycles. The van der Waals surface area contributed by atoms with E-state index in [9.17, 15) is 4.91 Å². The molecule has 56 valence electrons. The predicted octanol–water partition coefficient (Wildman–Crippen LogP) is 2.99. The predicted molar refractivity (Wildman–Crippen MR) is 41.6 cm³/mol. The first kappa shape index (κ1) is 7.45. The molecule has 10 heavy (non-hydrogen) atoms. The summed E-state index contributed by atoms with van der Waals surface area (Å²) in [6.07, 6.45) is 5.39. The maximum atomic E-state index is 10.2. The summed E-state index contributed by atoms with van der Waals surface area (Å²) in [6, 6.07) is 0. The monoisotopic (exact) mass is 139 g/mol. The molecule has 0 unspecified atom stereocenters. The molecule has 0 aromatic heterocycles. The van der Waals surface area contributed by atoms with Crippen molar-refractivity contribution in [2.24, 2.45) is 5.18 Å². The van der Waals surface area contributed by atoms with E-state index in [1.54, 1.807) is 0 Å². The van der Waals surface area contributed by atoms with Gasteiger partial charge in [-0.2, -0.15) is 0 Å². The van der Waals surface area contributed by atoms with Crippen molar-refractivity contribution in [3.05, 3.63) is 16.2 Å². The van der Waals surface area contributed by atoms with Gasteiger partial charge >= 0.3 is 0 Å². The molecule has 0 aliphatic heterocycles. The molecule has 0 atom stereocenters. The second kappa shape index (κ2) is 3.49. The van der Waals surface area contributed by atoms with Crippen LogP contribution in [0.4, 0.5) is 0 Å². The van der Waals surface area contributed by atoms with Crippen molar-refractivity contribution in [2.75, 3.05) is 0 Å². The van der Waals surface area contributed by atoms with Gasteiger partial charge < -0.3 is 0 Å². The molecule has 2 heteroatoms. The summed E-state index contributed by atoms with van der Waals surface area (Å²) >= 11 is 0. The second-order valence-corrected chi connectivity index (χ2v) is 2.70. The quantitative estimate of drug-likeness (QED) is 0.541. The lowest BCUT2D eigenvalue weighted by Crippen LogP contribution is -1.96. The Morgan fingerprint density at radius 3 is 2.60 bits per heavy atom. The molecule has 0 fully saturated rings. The standard InChI is InChI=1S/C8H13NO/c1-2-7-5-3-4-6-8(7)9-10/h2-6H2,1H3. The largest absolute Gasteiger partial charge is 0.145 e. The van der Waals surface area contributed by atoms with E-state index in [-0.39, 0.29) is 0 Å². The van der Waals surface area contributed by atoms with Crippen LogP contribution in [0.2, 0.25) is 0 Å². The molecule has 1 aliphatic carbocycles. The Hall–Kier alpha value is -0.660. The molecule has 1 rings (SSSR count). The zero-order valence-corrected chi connectivity index (χ0v) is 6.39. The SMILES string of the molecule is CCC1=C(N=O)CCCC1. The Morgan fingerprint density at radius 2 is 2.10 bits per heavy atom. The van der Waals surface area contributed by atoms with Crippen LogP contribution >= 0.6 is 0 Å². The van der Waals surface area contributed by atoms with Crippen molar-refractivity contribution in [1.82, 2.24) is 0 Å². The summed E-state index contributed by atoms with van der Waals surface area (Å²) < 4.78 is 0. The summed E-state index contributed by atoms with van der Waals surface area (Å²) in [5, 5.41) is 3.03. The van der Waals surface area contributed by atoms with Crippen LogP contribution in [-0.4, -0.2) is 0 Å². The molecule has 0 radical (unpaired) electrons. The van der Waals surface area contributed by atoms with Gasteiger partial charge in [0.1, 0.15) is 0 Å². The van der Waals surface area contributed by atoms with Crippen LogP contribution < -0.4 is 0 Å². The van der Waals surface area contributed by atoms with Gasteiger partial charge in [0, 0.05) is 0 Å². The third kappa shape index (κ3) is 1.43. The highest BCUT2D eigenvalue weighted by Crippen LogP contribution is 2.26. The maximum Gasteiger partial charge on any atom is 0.0840 e. The van der Waals surface area contributed by atoms with Crippen molar-refractivity contribution in [3.63, 3.8) is 0 Å². The summed E-state index contributed by atoms with van der Waals surface area (Å²) in [6.45, 7) is 2.09. The third-order valence-corrected chi connectivity index (χ3v) is 2.09. The number of allylic oxidation sites excluding steroid dienone is 2. The normalized spacial score (nSPS) is 19.3.